The first-order chi connectivity index (χ1) is 12.6. The number of rotatable bonds is 4. The largest absolute Gasteiger partial charge is 0.496 e. The number of ether oxygens (including phenoxy) is 1. The second-order valence-corrected chi connectivity index (χ2v) is 6.14. The van der Waals surface area contributed by atoms with Gasteiger partial charge in [-0.1, -0.05) is 54.1 Å². The van der Waals surface area contributed by atoms with E-state index >= 15 is 0 Å². The van der Waals surface area contributed by atoms with Gasteiger partial charge in [0.25, 0.3) is 5.91 Å². The summed E-state index contributed by atoms with van der Waals surface area (Å²) in [6.45, 7) is 0. The van der Waals surface area contributed by atoms with Crippen LogP contribution in [0.15, 0.2) is 60.7 Å². The van der Waals surface area contributed by atoms with Gasteiger partial charge in [0.05, 0.1) is 19.1 Å². The molecular formula is C20H17ClN2O3. The molecule has 0 aliphatic carbocycles. The third kappa shape index (κ3) is 4.13. The Labute approximate surface area is 155 Å². The Morgan fingerprint density at radius 3 is 2.50 bits per heavy atom. The van der Waals surface area contributed by atoms with Crippen molar-refractivity contribution in [2.45, 2.75) is 6.42 Å². The van der Waals surface area contributed by atoms with E-state index < -0.39 is 5.91 Å². The molecule has 0 aromatic heterocycles. The van der Waals surface area contributed by atoms with Gasteiger partial charge in [0.15, 0.2) is 0 Å². The fourth-order valence-corrected chi connectivity index (χ4v) is 2.80. The minimum Gasteiger partial charge on any atom is -0.496 e. The minimum atomic E-state index is -0.504. The van der Waals surface area contributed by atoms with Crippen LogP contribution < -0.4 is 15.6 Å². The maximum atomic E-state index is 12.2. The summed E-state index contributed by atoms with van der Waals surface area (Å²) < 4.78 is 5.13. The molecule has 0 aliphatic heterocycles. The Bertz CT molecular complexity index is 972. The number of methoxy groups -OCH3 is 1. The summed E-state index contributed by atoms with van der Waals surface area (Å²) in [6, 6.07) is 18.4. The predicted molar refractivity (Wildman–Crippen MR) is 101 cm³/mol. The Morgan fingerprint density at radius 1 is 0.962 bits per heavy atom. The predicted octanol–water partition coefficient (Wildman–Crippen LogP) is 3.51. The third-order valence-corrected chi connectivity index (χ3v) is 4.14. The number of fused-ring (bicyclic) bond motifs is 1. The van der Waals surface area contributed by atoms with Crippen molar-refractivity contribution >= 4 is 34.2 Å². The summed E-state index contributed by atoms with van der Waals surface area (Å²) in [4.78, 5) is 24.4. The summed E-state index contributed by atoms with van der Waals surface area (Å²) in [6.07, 6.45) is 0.151. The number of amides is 2. The van der Waals surface area contributed by atoms with Crippen LogP contribution >= 0.6 is 11.6 Å². The molecule has 0 saturated carbocycles. The van der Waals surface area contributed by atoms with Gasteiger partial charge in [0, 0.05) is 5.02 Å². The molecule has 26 heavy (non-hydrogen) atoms. The summed E-state index contributed by atoms with van der Waals surface area (Å²) in [5.74, 6) is -0.457. The van der Waals surface area contributed by atoms with Gasteiger partial charge in [-0.25, -0.2) is 0 Å². The van der Waals surface area contributed by atoms with Crippen LogP contribution in [-0.2, 0) is 11.2 Å². The average Bonchev–Trinajstić information content (AvgIpc) is 2.66. The second kappa shape index (κ2) is 7.89. The molecule has 0 spiro atoms. The van der Waals surface area contributed by atoms with Gasteiger partial charge in [-0.15, -0.1) is 0 Å². The van der Waals surface area contributed by atoms with Crippen LogP contribution in [0.25, 0.3) is 10.8 Å². The van der Waals surface area contributed by atoms with Crippen molar-refractivity contribution in [2.24, 2.45) is 0 Å². The van der Waals surface area contributed by atoms with Crippen LogP contribution in [0, 0.1) is 0 Å². The van der Waals surface area contributed by atoms with Crippen molar-refractivity contribution in [1.82, 2.24) is 10.9 Å². The maximum absolute atomic E-state index is 12.2. The number of hydrogen-bond acceptors (Lipinski definition) is 3. The first-order valence-electron chi connectivity index (χ1n) is 7.97. The van der Waals surface area contributed by atoms with Gasteiger partial charge >= 0.3 is 0 Å². The molecule has 0 bridgehead atoms. The van der Waals surface area contributed by atoms with Gasteiger partial charge in [-0.05, 0) is 34.5 Å². The highest BCUT2D eigenvalue weighted by molar-refractivity contribution is 6.31. The lowest BCUT2D eigenvalue weighted by molar-refractivity contribution is -0.121. The fraction of sp³-hybridized carbons (Fsp3) is 0.100. The topological polar surface area (TPSA) is 67.4 Å². The molecule has 2 N–H and O–H groups in total. The van der Waals surface area contributed by atoms with E-state index in [1.807, 2.05) is 42.5 Å². The molecule has 0 heterocycles. The number of hydrogen-bond donors (Lipinski definition) is 2. The van der Waals surface area contributed by atoms with Crippen LogP contribution in [0.5, 0.6) is 5.75 Å². The quantitative estimate of drug-likeness (QED) is 0.692. The van der Waals surface area contributed by atoms with E-state index in [1.165, 1.54) is 13.2 Å². The highest BCUT2D eigenvalue weighted by Crippen LogP contribution is 2.22. The average molecular weight is 369 g/mol. The zero-order valence-corrected chi connectivity index (χ0v) is 14.8. The van der Waals surface area contributed by atoms with Crippen molar-refractivity contribution in [1.29, 1.82) is 0 Å². The Hall–Kier alpha value is -3.05. The van der Waals surface area contributed by atoms with E-state index in [-0.39, 0.29) is 17.9 Å². The molecule has 132 valence electrons. The number of benzene rings is 3. The molecule has 0 aliphatic rings. The zero-order chi connectivity index (χ0) is 18.5. The van der Waals surface area contributed by atoms with Gasteiger partial charge in [0.2, 0.25) is 5.91 Å². The molecular weight excluding hydrogens is 352 g/mol. The smallest absolute Gasteiger partial charge is 0.273 e. The van der Waals surface area contributed by atoms with E-state index in [0.717, 1.165) is 16.3 Å². The first-order valence-corrected chi connectivity index (χ1v) is 8.35. The summed E-state index contributed by atoms with van der Waals surface area (Å²) >= 11 is 5.91. The molecule has 0 saturated heterocycles. The molecule has 0 radical (unpaired) electrons. The highest BCUT2D eigenvalue weighted by atomic mass is 35.5. The van der Waals surface area contributed by atoms with Crippen molar-refractivity contribution in [2.75, 3.05) is 7.11 Å². The Kier molecular flexibility index (Phi) is 5.39. The van der Waals surface area contributed by atoms with E-state index in [9.17, 15) is 9.59 Å². The fourth-order valence-electron chi connectivity index (χ4n) is 2.63. The molecule has 3 aromatic rings. The summed E-state index contributed by atoms with van der Waals surface area (Å²) in [5, 5.41) is 2.57. The van der Waals surface area contributed by atoms with Crippen LogP contribution in [-0.4, -0.2) is 18.9 Å². The lowest BCUT2D eigenvalue weighted by atomic mass is 10.1. The Balaban J connectivity index is 1.63. The summed E-state index contributed by atoms with van der Waals surface area (Å²) in [7, 11) is 1.46. The van der Waals surface area contributed by atoms with Crippen molar-refractivity contribution < 1.29 is 14.3 Å². The second-order valence-electron chi connectivity index (χ2n) is 5.71. The molecule has 0 atom stereocenters. The van der Waals surface area contributed by atoms with E-state index in [2.05, 4.69) is 10.9 Å². The van der Waals surface area contributed by atoms with Crippen molar-refractivity contribution in [3.8, 4) is 5.75 Å². The van der Waals surface area contributed by atoms with E-state index in [1.54, 1.807) is 12.1 Å². The number of hydrazine groups is 1. The van der Waals surface area contributed by atoms with Crippen LogP contribution in [0.1, 0.15) is 15.9 Å². The van der Waals surface area contributed by atoms with Crippen LogP contribution in [0.4, 0.5) is 0 Å². The van der Waals surface area contributed by atoms with Gasteiger partial charge in [0.1, 0.15) is 5.75 Å². The monoisotopic (exact) mass is 368 g/mol. The van der Waals surface area contributed by atoms with Crippen LogP contribution in [0.2, 0.25) is 5.02 Å². The normalized spacial score (nSPS) is 10.4. The lowest BCUT2D eigenvalue weighted by Crippen LogP contribution is -2.42. The zero-order valence-electron chi connectivity index (χ0n) is 14.1. The molecule has 3 rings (SSSR count). The molecule has 2 amide bonds. The van der Waals surface area contributed by atoms with Gasteiger partial charge in [-0.3, -0.25) is 20.4 Å². The minimum absolute atomic E-state index is 0.151. The van der Waals surface area contributed by atoms with E-state index in [4.69, 9.17) is 16.3 Å². The molecule has 3 aromatic carbocycles. The molecule has 6 heteroatoms. The van der Waals surface area contributed by atoms with E-state index in [0.29, 0.717) is 10.8 Å². The SMILES string of the molecule is COc1ccc(Cl)cc1C(=O)NNC(=O)Cc1ccc2ccccc2c1. The Morgan fingerprint density at radius 2 is 1.73 bits per heavy atom. The highest BCUT2D eigenvalue weighted by Gasteiger charge is 2.14. The number of nitrogens with one attached hydrogen (secondary N) is 2. The number of carbonyl (C=O) groups excluding carboxylic acids is 2. The number of halogens is 1. The molecule has 5 nitrogen and oxygen atoms in total. The lowest BCUT2D eigenvalue weighted by Gasteiger charge is -2.11. The third-order valence-electron chi connectivity index (χ3n) is 3.90. The number of carbonyl (C=O) groups is 2. The van der Waals surface area contributed by atoms with Crippen LogP contribution in [0.3, 0.4) is 0 Å². The maximum Gasteiger partial charge on any atom is 0.273 e. The first kappa shape index (κ1) is 17.8. The van der Waals surface area contributed by atoms with Gasteiger partial charge < -0.3 is 4.74 Å². The van der Waals surface area contributed by atoms with Crippen molar-refractivity contribution in [3.05, 3.63) is 76.8 Å². The van der Waals surface area contributed by atoms with Gasteiger partial charge in [-0.2, -0.15) is 0 Å². The molecule has 0 fully saturated rings. The van der Waals surface area contributed by atoms with Crippen molar-refractivity contribution in [3.63, 3.8) is 0 Å². The molecule has 0 unspecified atom stereocenters. The summed E-state index contributed by atoms with van der Waals surface area (Å²) in [5.41, 5.74) is 5.89. The standard InChI is InChI=1S/C20H17ClN2O3/c1-26-18-9-8-16(21)12-17(18)20(25)23-22-19(24)11-13-6-7-14-4-2-3-5-15(14)10-13/h2-10,12H,11H2,1H3,(H,22,24)(H,23,25).